The van der Waals surface area contributed by atoms with Gasteiger partial charge in [-0.1, -0.05) is 23.7 Å². The number of benzene rings is 2. The van der Waals surface area contributed by atoms with E-state index < -0.39 is 45.4 Å². The number of hydrogen-bond donors (Lipinski definition) is 1. The van der Waals surface area contributed by atoms with Crippen molar-refractivity contribution in [3.8, 4) is 16.9 Å². The van der Waals surface area contributed by atoms with Crippen molar-refractivity contribution >= 4 is 38.6 Å². The van der Waals surface area contributed by atoms with Crippen molar-refractivity contribution in [2.75, 3.05) is 24.9 Å². The molecule has 1 atom stereocenters. The van der Waals surface area contributed by atoms with Crippen molar-refractivity contribution in [2.45, 2.75) is 29.1 Å². The number of nitrogens with one attached hydrogen (secondary N) is 1. The average molecular weight is 585 g/mol. The number of hydrogen-bond acceptors (Lipinski definition) is 5. The molecule has 0 radical (unpaired) electrons. The van der Waals surface area contributed by atoms with Crippen LogP contribution in [0, 0.1) is 0 Å². The zero-order chi connectivity index (χ0) is 27.2. The lowest BCUT2D eigenvalue weighted by atomic mass is 10.1. The normalized spacial score (nSPS) is 17.2. The summed E-state index contributed by atoms with van der Waals surface area (Å²) < 4.78 is 113. The molecule has 2 heterocycles. The number of ether oxygens (including phenoxy) is 1. The van der Waals surface area contributed by atoms with Crippen LogP contribution in [0.1, 0.15) is 17.5 Å². The summed E-state index contributed by atoms with van der Waals surface area (Å²) in [5.74, 6) is -0.498. The Labute approximate surface area is 217 Å². The van der Waals surface area contributed by atoms with E-state index in [9.17, 15) is 34.8 Å². The Morgan fingerprint density at radius 3 is 2.27 bits per heavy atom. The summed E-state index contributed by atoms with van der Waals surface area (Å²) in [5.41, 5.74) is -1.60. The fourth-order valence-corrected chi connectivity index (χ4v) is 6.62. The molecule has 14 heteroatoms. The highest BCUT2D eigenvalue weighted by atomic mass is 35.5. The van der Waals surface area contributed by atoms with Crippen LogP contribution in [0.25, 0.3) is 11.1 Å². The van der Waals surface area contributed by atoms with Crippen molar-refractivity contribution in [1.82, 2.24) is 4.90 Å². The second-order valence-corrected chi connectivity index (χ2v) is 12.0. The Kier molecular flexibility index (Phi) is 7.45. The highest BCUT2D eigenvalue weighted by Crippen LogP contribution is 2.41. The number of sulfonamides is 1. The molecule has 1 saturated heterocycles. The Morgan fingerprint density at radius 1 is 1.03 bits per heavy atom. The number of anilines is 1. The van der Waals surface area contributed by atoms with Crippen LogP contribution < -0.4 is 9.46 Å². The minimum atomic E-state index is -4.71. The fourth-order valence-electron chi connectivity index (χ4n) is 3.81. The number of nitrogens with zero attached hydrogens (tertiary/aromatic N) is 1. The molecular weight excluding hydrogens is 566 g/mol. The molecule has 0 unspecified atom stereocenters. The second-order valence-electron chi connectivity index (χ2n) is 8.43. The fraction of sp³-hybridized carbons (Fsp3) is 0.304. The van der Waals surface area contributed by atoms with Gasteiger partial charge in [0.2, 0.25) is 0 Å². The van der Waals surface area contributed by atoms with Gasteiger partial charge < -0.3 is 9.64 Å². The molecule has 3 aromatic rings. The summed E-state index contributed by atoms with van der Waals surface area (Å²) in [5, 5.41) is 0. The van der Waals surface area contributed by atoms with E-state index in [0.29, 0.717) is 30.8 Å². The van der Waals surface area contributed by atoms with E-state index in [1.54, 1.807) is 0 Å². The van der Waals surface area contributed by atoms with E-state index in [-0.39, 0.29) is 25.4 Å². The van der Waals surface area contributed by atoms with Crippen LogP contribution >= 0.6 is 22.9 Å². The molecular formula is C23H19ClF6N2O3S2. The summed E-state index contributed by atoms with van der Waals surface area (Å²) in [6, 6.07) is 7.91. The lowest BCUT2D eigenvalue weighted by molar-refractivity contribution is -0.139. The minimum absolute atomic E-state index is 0.0157. The molecule has 0 saturated carbocycles. The summed E-state index contributed by atoms with van der Waals surface area (Å²) in [4.78, 5) is 1.90. The van der Waals surface area contributed by atoms with Crippen molar-refractivity contribution in [3.05, 3.63) is 64.0 Å². The quantitative estimate of drug-likeness (QED) is 0.317. The summed E-state index contributed by atoms with van der Waals surface area (Å²) in [6.45, 7) is 1.08. The van der Waals surface area contributed by atoms with Crippen molar-refractivity contribution in [3.63, 3.8) is 0 Å². The van der Waals surface area contributed by atoms with Gasteiger partial charge in [-0.2, -0.15) is 26.3 Å². The molecule has 2 aromatic carbocycles. The smallest absolute Gasteiger partial charge is 0.419 e. The Hall–Kier alpha value is -2.48. The van der Waals surface area contributed by atoms with Gasteiger partial charge in [-0.15, -0.1) is 11.3 Å². The predicted molar refractivity (Wildman–Crippen MR) is 129 cm³/mol. The summed E-state index contributed by atoms with van der Waals surface area (Å²) in [7, 11) is -2.49. The van der Waals surface area contributed by atoms with Crippen LogP contribution in [0.2, 0.25) is 4.34 Å². The average Bonchev–Trinajstić information content (AvgIpc) is 3.38. The van der Waals surface area contributed by atoms with Crippen LogP contribution in [-0.2, 0) is 22.4 Å². The highest BCUT2D eigenvalue weighted by molar-refractivity contribution is 7.94. The molecule has 200 valence electrons. The largest absolute Gasteiger partial charge is 0.488 e. The Bertz CT molecular complexity index is 1390. The molecule has 1 aliphatic rings. The molecule has 4 rings (SSSR count). The third-order valence-electron chi connectivity index (χ3n) is 5.63. The number of rotatable bonds is 6. The first-order valence-electron chi connectivity index (χ1n) is 10.7. The lowest BCUT2D eigenvalue weighted by Gasteiger charge is -2.19. The number of halogens is 7. The maximum Gasteiger partial charge on any atom is 0.419 e. The van der Waals surface area contributed by atoms with Gasteiger partial charge in [0.1, 0.15) is 20.4 Å². The van der Waals surface area contributed by atoms with Gasteiger partial charge in [0.15, 0.2) is 0 Å². The minimum Gasteiger partial charge on any atom is -0.488 e. The van der Waals surface area contributed by atoms with E-state index in [1.165, 1.54) is 18.2 Å². The van der Waals surface area contributed by atoms with E-state index in [2.05, 4.69) is 4.72 Å². The zero-order valence-corrected chi connectivity index (χ0v) is 21.3. The number of thiophene rings is 1. The number of likely N-dealkylation sites (N-methyl/N-ethyl adjacent to an activating group) is 1. The van der Waals surface area contributed by atoms with E-state index in [1.807, 2.05) is 11.9 Å². The first-order valence-corrected chi connectivity index (χ1v) is 13.4. The predicted octanol–water partition coefficient (Wildman–Crippen LogP) is 6.99. The van der Waals surface area contributed by atoms with Crippen LogP contribution in [0.15, 0.2) is 52.7 Å². The van der Waals surface area contributed by atoms with Gasteiger partial charge in [0, 0.05) is 24.7 Å². The first kappa shape index (κ1) is 27.6. The standard InChI is InChI=1S/C23H19ClF6N2O3S2/c1-32-9-8-16(12-32)35-19-10-15(6-7-18(19)23(28,29)30)31-37(33,34)20-11-17(21(24)36-20)13-2-4-14(5-3-13)22(25,26)27/h2-7,10-11,16,31H,8-9,12H2,1H3/t16-/m1/s1. The maximum atomic E-state index is 13.5. The van der Waals surface area contributed by atoms with E-state index >= 15 is 0 Å². The first-order chi connectivity index (χ1) is 17.1. The molecule has 0 bridgehead atoms. The number of likely N-dealkylation sites (tertiary alicyclic amines) is 1. The third kappa shape index (κ3) is 6.33. The van der Waals surface area contributed by atoms with Gasteiger partial charge in [-0.25, -0.2) is 8.42 Å². The van der Waals surface area contributed by atoms with Crippen LogP contribution in [0.5, 0.6) is 5.75 Å². The summed E-state index contributed by atoms with van der Waals surface area (Å²) >= 11 is 6.84. The molecule has 5 nitrogen and oxygen atoms in total. The zero-order valence-electron chi connectivity index (χ0n) is 19.0. The number of alkyl halides is 6. The third-order valence-corrected chi connectivity index (χ3v) is 8.85. The molecule has 0 amide bonds. The highest BCUT2D eigenvalue weighted by Gasteiger charge is 2.36. The van der Waals surface area contributed by atoms with Crippen LogP contribution in [-0.4, -0.2) is 39.6 Å². The van der Waals surface area contributed by atoms with Gasteiger partial charge in [0.25, 0.3) is 10.0 Å². The van der Waals surface area contributed by atoms with Gasteiger partial charge in [0.05, 0.1) is 16.8 Å². The molecule has 1 fully saturated rings. The molecule has 0 aliphatic carbocycles. The summed E-state index contributed by atoms with van der Waals surface area (Å²) in [6.07, 6.45) is -9.22. The van der Waals surface area contributed by atoms with Gasteiger partial charge in [-0.05, 0) is 49.4 Å². The Morgan fingerprint density at radius 2 is 1.70 bits per heavy atom. The van der Waals surface area contributed by atoms with E-state index in [0.717, 1.165) is 30.3 Å². The molecule has 0 spiro atoms. The van der Waals surface area contributed by atoms with Crippen LogP contribution in [0.4, 0.5) is 32.0 Å². The topological polar surface area (TPSA) is 58.6 Å². The monoisotopic (exact) mass is 584 g/mol. The molecule has 37 heavy (non-hydrogen) atoms. The molecule has 1 aliphatic heterocycles. The van der Waals surface area contributed by atoms with E-state index in [4.69, 9.17) is 16.3 Å². The second kappa shape index (κ2) is 10.0. The van der Waals surface area contributed by atoms with Crippen molar-refractivity contribution < 1.29 is 39.5 Å². The molecule has 1 N–H and O–H groups in total. The maximum absolute atomic E-state index is 13.5. The van der Waals surface area contributed by atoms with Crippen LogP contribution in [0.3, 0.4) is 0 Å². The SMILES string of the molecule is CN1CC[C@@H](Oc2cc(NS(=O)(=O)c3cc(-c4ccc(C(F)(F)F)cc4)c(Cl)s3)ccc2C(F)(F)F)C1. The Balaban J connectivity index is 1.60. The van der Waals surface area contributed by atoms with Crippen molar-refractivity contribution in [1.29, 1.82) is 0 Å². The lowest BCUT2D eigenvalue weighted by Crippen LogP contribution is -2.23. The van der Waals surface area contributed by atoms with Crippen molar-refractivity contribution in [2.24, 2.45) is 0 Å². The van der Waals surface area contributed by atoms with Gasteiger partial charge in [-0.3, -0.25) is 4.72 Å². The van der Waals surface area contributed by atoms with Gasteiger partial charge >= 0.3 is 12.4 Å². The molecule has 1 aromatic heterocycles.